The SMILES string of the molecule is O=C(CC1CCCC1)N1CCC(Nc2ccc3nccn3n2)C1. The second-order valence-corrected chi connectivity index (χ2v) is 6.77. The molecule has 1 saturated carbocycles. The minimum Gasteiger partial charge on any atom is -0.364 e. The zero-order valence-corrected chi connectivity index (χ0v) is 13.3. The van der Waals surface area contributed by atoms with Crippen LogP contribution in [0.3, 0.4) is 0 Å². The van der Waals surface area contributed by atoms with Gasteiger partial charge in [-0.05, 0) is 37.3 Å². The van der Waals surface area contributed by atoms with Gasteiger partial charge in [0.25, 0.3) is 0 Å². The first kappa shape index (κ1) is 14.5. The molecule has 1 N–H and O–H groups in total. The van der Waals surface area contributed by atoms with Crippen LogP contribution in [-0.2, 0) is 4.79 Å². The monoisotopic (exact) mass is 313 g/mol. The van der Waals surface area contributed by atoms with E-state index >= 15 is 0 Å². The number of fused-ring (bicyclic) bond motifs is 1. The van der Waals surface area contributed by atoms with Crippen LogP contribution < -0.4 is 5.32 Å². The van der Waals surface area contributed by atoms with Crippen molar-refractivity contribution in [3.8, 4) is 0 Å². The Balaban J connectivity index is 1.33. The van der Waals surface area contributed by atoms with Gasteiger partial charge in [0.05, 0.1) is 0 Å². The second-order valence-electron chi connectivity index (χ2n) is 6.77. The number of amides is 1. The van der Waals surface area contributed by atoms with Gasteiger partial charge in [-0.2, -0.15) is 0 Å². The first-order valence-corrected chi connectivity index (χ1v) is 8.62. The topological polar surface area (TPSA) is 62.5 Å². The van der Waals surface area contributed by atoms with Gasteiger partial charge in [0.2, 0.25) is 5.91 Å². The van der Waals surface area contributed by atoms with Gasteiger partial charge in [0.1, 0.15) is 5.82 Å². The molecular formula is C17H23N5O. The van der Waals surface area contributed by atoms with Gasteiger partial charge in [-0.1, -0.05) is 12.8 Å². The van der Waals surface area contributed by atoms with Gasteiger partial charge < -0.3 is 10.2 Å². The number of hydrogen-bond donors (Lipinski definition) is 1. The summed E-state index contributed by atoms with van der Waals surface area (Å²) >= 11 is 0. The van der Waals surface area contributed by atoms with E-state index < -0.39 is 0 Å². The van der Waals surface area contributed by atoms with E-state index in [1.54, 1.807) is 10.7 Å². The number of aromatic nitrogens is 3. The molecule has 0 aromatic carbocycles. The molecule has 0 bridgehead atoms. The Kier molecular flexibility index (Phi) is 3.89. The van der Waals surface area contributed by atoms with Gasteiger partial charge in [0.15, 0.2) is 5.65 Å². The smallest absolute Gasteiger partial charge is 0.222 e. The Morgan fingerprint density at radius 3 is 3.00 bits per heavy atom. The van der Waals surface area contributed by atoms with Crippen molar-refractivity contribution in [3.05, 3.63) is 24.5 Å². The van der Waals surface area contributed by atoms with Crippen molar-refractivity contribution in [2.24, 2.45) is 5.92 Å². The molecule has 6 heteroatoms. The molecule has 3 heterocycles. The molecule has 1 atom stereocenters. The Labute approximate surface area is 135 Å². The third-order valence-electron chi connectivity index (χ3n) is 5.09. The zero-order chi connectivity index (χ0) is 15.6. The van der Waals surface area contributed by atoms with Crippen LogP contribution in [0.4, 0.5) is 5.82 Å². The van der Waals surface area contributed by atoms with E-state index in [9.17, 15) is 4.79 Å². The Bertz CT molecular complexity index is 691. The Morgan fingerprint density at radius 1 is 1.26 bits per heavy atom. The maximum atomic E-state index is 12.4. The maximum Gasteiger partial charge on any atom is 0.222 e. The number of nitrogens with one attached hydrogen (secondary N) is 1. The van der Waals surface area contributed by atoms with Crippen molar-refractivity contribution in [3.63, 3.8) is 0 Å². The summed E-state index contributed by atoms with van der Waals surface area (Å²) in [4.78, 5) is 18.6. The van der Waals surface area contributed by atoms with Crippen LogP contribution in [0.25, 0.3) is 5.65 Å². The lowest BCUT2D eigenvalue weighted by atomic mass is 10.0. The summed E-state index contributed by atoms with van der Waals surface area (Å²) in [6.45, 7) is 1.64. The Hall–Kier alpha value is -2.11. The summed E-state index contributed by atoms with van der Waals surface area (Å²) in [5.74, 6) is 1.80. The van der Waals surface area contributed by atoms with Crippen LogP contribution in [0.15, 0.2) is 24.5 Å². The predicted octanol–water partition coefficient (Wildman–Crippen LogP) is 2.32. The molecule has 122 valence electrons. The fourth-order valence-corrected chi connectivity index (χ4v) is 3.80. The minimum atomic E-state index is 0.288. The van der Waals surface area contributed by atoms with Crippen LogP contribution in [0, 0.1) is 5.92 Å². The van der Waals surface area contributed by atoms with Crippen LogP contribution in [0.1, 0.15) is 38.5 Å². The third kappa shape index (κ3) is 3.16. The summed E-state index contributed by atoms with van der Waals surface area (Å²) in [5.41, 5.74) is 0.843. The number of hydrogen-bond acceptors (Lipinski definition) is 4. The maximum absolute atomic E-state index is 12.4. The van der Waals surface area contributed by atoms with E-state index in [0.29, 0.717) is 11.8 Å². The van der Waals surface area contributed by atoms with Crippen molar-refractivity contribution in [2.75, 3.05) is 18.4 Å². The number of carbonyl (C=O) groups is 1. The van der Waals surface area contributed by atoms with Crippen molar-refractivity contribution in [1.29, 1.82) is 0 Å². The number of rotatable bonds is 4. The molecule has 1 unspecified atom stereocenters. The van der Waals surface area contributed by atoms with E-state index in [0.717, 1.165) is 37.4 Å². The zero-order valence-electron chi connectivity index (χ0n) is 13.3. The first-order valence-electron chi connectivity index (χ1n) is 8.62. The molecule has 1 aliphatic heterocycles. The number of imidazole rings is 1. The largest absolute Gasteiger partial charge is 0.364 e. The lowest BCUT2D eigenvalue weighted by molar-refractivity contribution is -0.131. The fraction of sp³-hybridized carbons (Fsp3) is 0.588. The van der Waals surface area contributed by atoms with E-state index in [4.69, 9.17) is 0 Å². The average Bonchev–Trinajstić information content (AvgIpc) is 3.27. The van der Waals surface area contributed by atoms with Crippen LogP contribution in [0.2, 0.25) is 0 Å². The molecule has 6 nitrogen and oxygen atoms in total. The molecule has 1 amide bonds. The first-order chi connectivity index (χ1) is 11.3. The normalized spacial score (nSPS) is 22.1. The van der Waals surface area contributed by atoms with Crippen LogP contribution in [0.5, 0.6) is 0 Å². The molecule has 2 aliphatic rings. The number of carbonyl (C=O) groups excluding carboxylic acids is 1. The fourth-order valence-electron chi connectivity index (χ4n) is 3.80. The van der Waals surface area contributed by atoms with Crippen molar-refractivity contribution in [1.82, 2.24) is 19.5 Å². The summed E-state index contributed by atoms with van der Waals surface area (Å²) < 4.78 is 1.76. The number of likely N-dealkylation sites (tertiary alicyclic amines) is 1. The molecule has 1 saturated heterocycles. The van der Waals surface area contributed by atoms with E-state index in [2.05, 4.69) is 15.4 Å². The Morgan fingerprint density at radius 2 is 2.13 bits per heavy atom. The quantitative estimate of drug-likeness (QED) is 0.941. The minimum absolute atomic E-state index is 0.288. The highest BCUT2D eigenvalue weighted by Crippen LogP contribution is 2.28. The van der Waals surface area contributed by atoms with Crippen molar-refractivity contribution in [2.45, 2.75) is 44.6 Å². The summed E-state index contributed by atoms with van der Waals surface area (Å²) in [5, 5.41) is 7.94. The van der Waals surface area contributed by atoms with Crippen molar-refractivity contribution < 1.29 is 4.79 Å². The van der Waals surface area contributed by atoms with E-state index in [1.165, 1.54) is 25.7 Å². The van der Waals surface area contributed by atoms with Gasteiger partial charge in [0, 0.05) is 37.9 Å². The van der Waals surface area contributed by atoms with Crippen LogP contribution in [-0.4, -0.2) is 44.5 Å². The number of nitrogens with zero attached hydrogens (tertiary/aromatic N) is 4. The summed E-state index contributed by atoms with van der Waals surface area (Å²) in [6, 6.07) is 4.19. The highest BCUT2D eigenvalue weighted by atomic mass is 16.2. The van der Waals surface area contributed by atoms with Gasteiger partial charge >= 0.3 is 0 Å². The molecule has 4 rings (SSSR count). The summed E-state index contributed by atoms with van der Waals surface area (Å²) in [7, 11) is 0. The molecule has 0 radical (unpaired) electrons. The van der Waals surface area contributed by atoms with Crippen LogP contribution >= 0.6 is 0 Å². The second kappa shape index (κ2) is 6.18. The van der Waals surface area contributed by atoms with Gasteiger partial charge in [-0.25, -0.2) is 9.50 Å². The van der Waals surface area contributed by atoms with Crippen molar-refractivity contribution >= 4 is 17.4 Å². The summed E-state index contributed by atoms with van der Waals surface area (Å²) in [6.07, 6.45) is 10.4. The molecule has 2 aromatic heterocycles. The molecule has 23 heavy (non-hydrogen) atoms. The molecular weight excluding hydrogens is 290 g/mol. The molecule has 2 aromatic rings. The van der Waals surface area contributed by atoms with Gasteiger partial charge in [-0.3, -0.25) is 4.79 Å². The lowest BCUT2D eigenvalue weighted by Crippen LogP contribution is -2.32. The predicted molar refractivity (Wildman–Crippen MR) is 88.2 cm³/mol. The third-order valence-corrected chi connectivity index (χ3v) is 5.09. The van der Waals surface area contributed by atoms with Gasteiger partial charge in [-0.15, -0.1) is 5.10 Å². The molecule has 1 aliphatic carbocycles. The van der Waals surface area contributed by atoms with E-state index in [1.807, 2.05) is 23.2 Å². The number of anilines is 1. The lowest BCUT2D eigenvalue weighted by Gasteiger charge is -2.19. The highest BCUT2D eigenvalue weighted by molar-refractivity contribution is 5.77. The van der Waals surface area contributed by atoms with E-state index in [-0.39, 0.29) is 6.04 Å². The highest BCUT2D eigenvalue weighted by Gasteiger charge is 2.28. The molecule has 0 spiro atoms. The average molecular weight is 313 g/mol. The standard InChI is InChI=1S/C17H23N5O/c23-17(11-13-3-1-2-4-13)21-9-7-14(12-21)19-15-5-6-16-18-8-10-22(16)20-15/h5-6,8,10,13-14H,1-4,7,9,11-12H2,(H,19,20). The molecule has 2 fully saturated rings.